The normalized spacial score (nSPS) is 22.6. The topological polar surface area (TPSA) is 101 Å². The number of carboxylic acids is 1. The number of anilines is 1. The van der Waals surface area contributed by atoms with Gasteiger partial charge in [0.1, 0.15) is 11.2 Å². The van der Waals surface area contributed by atoms with Gasteiger partial charge in [0.25, 0.3) is 0 Å². The van der Waals surface area contributed by atoms with Crippen LogP contribution in [0, 0.1) is 11.7 Å². The fourth-order valence-corrected chi connectivity index (χ4v) is 3.96. The number of aromatic carboxylic acids is 1. The quantitative estimate of drug-likeness (QED) is 0.808. The summed E-state index contributed by atoms with van der Waals surface area (Å²) in [6, 6.07) is 0.843. The predicted octanol–water partition coefficient (Wildman–Crippen LogP) is 2.08. The zero-order valence-electron chi connectivity index (χ0n) is 15.3. The number of aromatic nitrogens is 2. The average Bonchev–Trinajstić information content (AvgIpc) is 3.49. The van der Waals surface area contributed by atoms with Gasteiger partial charge in [-0.25, -0.2) is 14.2 Å². The van der Waals surface area contributed by atoms with Crippen molar-refractivity contribution in [1.29, 1.82) is 0 Å². The first-order valence-corrected chi connectivity index (χ1v) is 9.46. The highest BCUT2D eigenvalue weighted by Crippen LogP contribution is 2.37. The Labute approximate surface area is 159 Å². The van der Waals surface area contributed by atoms with Crippen LogP contribution in [-0.4, -0.2) is 46.4 Å². The van der Waals surface area contributed by atoms with Gasteiger partial charge in [-0.15, -0.1) is 0 Å². The zero-order chi connectivity index (χ0) is 20.0. The van der Waals surface area contributed by atoms with Gasteiger partial charge in [-0.3, -0.25) is 9.18 Å². The molecule has 3 heterocycles. The molecule has 1 saturated carbocycles. The Kier molecular flexibility index (Phi) is 4.78. The van der Waals surface area contributed by atoms with Gasteiger partial charge in [-0.2, -0.15) is 0 Å². The molecule has 0 bridgehead atoms. The number of rotatable bonds is 5. The van der Waals surface area contributed by atoms with Gasteiger partial charge in [0.2, 0.25) is 5.43 Å². The lowest BCUT2D eigenvalue weighted by molar-refractivity contribution is 0.0695. The van der Waals surface area contributed by atoms with Crippen molar-refractivity contribution in [3.63, 3.8) is 0 Å². The maximum atomic E-state index is 14.8. The van der Waals surface area contributed by atoms with E-state index >= 15 is 0 Å². The molecule has 2 aromatic heterocycles. The Morgan fingerprint density at radius 3 is 2.71 bits per heavy atom. The van der Waals surface area contributed by atoms with Crippen LogP contribution < -0.4 is 16.1 Å². The molecule has 7 nitrogen and oxygen atoms in total. The highest BCUT2D eigenvalue weighted by molar-refractivity contribution is 5.92. The zero-order valence-corrected chi connectivity index (χ0v) is 15.3. The van der Waals surface area contributed by atoms with E-state index in [9.17, 15) is 23.5 Å². The first-order valence-electron chi connectivity index (χ1n) is 9.46. The van der Waals surface area contributed by atoms with E-state index in [-0.39, 0.29) is 40.4 Å². The van der Waals surface area contributed by atoms with Gasteiger partial charge in [0, 0.05) is 31.4 Å². The molecule has 0 radical (unpaired) electrons. The van der Waals surface area contributed by atoms with E-state index in [1.807, 2.05) is 0 Å². The summed E-state index contributed by atoms with van der Waals surface area (Å²) < 4.78 is 29.1. The number of alkyl halides is 1. The van der Waals surface area contributed by atoms with E-state index in [2.05, 4.69) is 4.98 Å². The van der Waals surface area contributed by atoms with E-state index in [1.165, 1.54) is 6.20 Å². The number of hydrogen-bond acceptors (Lipinski definition) is 5. The minimum absolute atomic E-state index is 0.0373. The number of fused-ring (bicyclic) bond motifs is 1. The molecule has 4 rings (SSSR count). The van der Waals surface area contributed by atoms with Crippen molar-refractivity contribution in [3.05, 3.63) is 33.9 Å². The van der Waals surface area contributed by atoms with Crippen molar-refractivity contribution in [3.8, 4) is 0 Å². The second-order valence-electron chi connectivity index (χ2n) is 7.62. The third kappa shape index (κ3) is 3.23. The predicted molar refractivity (Wildman–Crippen MR) is 100 cm³/mol. The Bertz CT molecular complexity index is 989. The maximum Gasteiger partial charge on any atom is 0.341 e. The van der Waals surface area contributed by atoms with Crippen molar-refractivity contribution in [2.75, 3.05) is 24.7 Å². The summed E-state index contributed by atoms with van der Waals surface area (Å²) in [6.07, 6.45) is 4.04. The fraction of sp³-hybridized carbons (Fsp3) is 0.526. The minimum atomic E-state index is -1.34. The van der Waals surface area contributed by atoms with Gasteiger partial charge < -0.3 is 20.3 Å². The lowest BCUT2D eigenvalue weighted by Crippen LogP contribution is -2.49. The Hall–Kier alpha value is -2.55. The summed E-state index contributed by atoms with van der Waals surface area (Å²) in [5.41, 5.74) is 5.30. The number of carbonyl (C=O) groups is 1. The molecule has 1 aliphatic heterocycles. The summed E-state index contributed by atoms with van der Waals surface area (Å²) in [5, 5.41) is 9.26. The largest absolute Gasteiger partial charge is 0.477 e. The van der Waals surface area contributed by atoms with E-state index < -0.39 is 23.9 Å². The lowest BCUT2D eigenvalue weighted by Gasteiger charge is -2.37. The van der Waals surface area contributed by atoms with Crippen molar-refractivity contribution >= 4 is 22.8 Å². The van der Waals surface area contributed by atoms with Crippen molar-refractivity contribution in [2.24, 2.45) is 11.7 Å². The molecule has 2 fully saturated rings. The SMILES string of the molecule is NC1CN(c2nc3c(cc2F)c(=O)c(C(=O)O)cn3C2CC2)CCC1CCF. The van der Waals surface area contributed by atoms with Crippen LogP contribution in [0.4, 0.5) is 14.6 Å². The molecule has 3 N–H and O–H groups in total. The molecule has 0 spiro atoms. The highest BCUT2D eigenvalue weighted by atomic mass is 19.1. The number of nitrogens with zero attached hydrogens (tertiary/aromatic N) is 3. The molecule has 1 saturated heterocycles. The number of carboxylic acid groups (broad SMARTS) is 1. The van der Waals surface area contributed by atoms with E-state index in [1.54, 1.807) is 9.47 Å². The molecule has 1 aliphatic carbocycles. The standard InChI is InChI=1S/C19H22F2N4O3/c20-5-3-10-4-6-24(9-15(10)22)18-14(21)7-12-16(26)13(19(27)28)8-25(11-1-2-11)17(12)23-18/h7-8,10-11,15H,1-6,9,22H2,(H,27,28). The van der Waals surface area contributed by atoms with Crippen molar-refractivity contribution in [1.82, 2.24) is 9.55 Å². The van der Waals surface area contributed by atoms with Gasteiger partial charge in [0.05, 0.1) is 12.1 Å². The molecule has 9 heteroatoms. The number of hydrogen-bond donors (Lipinski definition) is 2. The summed E-state index contributed by atoms with van der Waals surface area (Å²) in [7, 11) is 0. The van der Waals surface area contributed by atoms with E-state index in [0.29, 0.717) is 25.9 Å². The molecule has 150 valence electrons. The van der Waals surface area contributed by atoms with Crippen LogP contribution in [0.2, 0.25) is 0 Å². The second-order valence-corrected chi connectivity index (χ2v) is 7.62. The molecule has 2 atom stereocenters. The summed E-state index contributed by atoms with van der Waals surface area (Å²) in [5.74, 6) is -1.89. The molecule has 0 amide bonds. The van der Waals surface area contributed by atoms with Gasteiger partial charge in [0.15, 0.2) is 11.6 Å². The molecule has 2 aliphatic rings. The first kappa shape index (κ1) is 18.8. The van der Waals surface area contributed by atoms with Gasteiger partial charge >= 0.3 is 5.97 Å². The number of halogens is 2. The van der Waals surface area contributed by atoms with Crippen molar-refractivity contribution in [2.45, 2.75) is 37.8 Å². The van der Waals surface area contributed by atoms with Gasteiger partial charge in [-0.1, -0.05) is 0 Å². The Morgan fingerprint density at radius 2 is 2.11 bits per heavy atom. The highest BCUT2D eigenvalue weighted by Gasteiger charge is 2.31. The lowest BCUT2D eigenvalue weighted by atomic mass is 9.90. The van der Waals surface area contributed by atoms with E-state index in [4.69, 9.17) is 5.73 Å². The maximum absolute atomic E-state index is 14.8. The van der Waals surface area contributed by atoms with Gasteiger partial charge in [-0.05, 0) is 37.7 Å². The average molecular weight is 392 g/mol. The molecule has 28 heavy (non-hydrogen) atoms. The van der Waals surface area contributed by atoms with Crippen LogP contribution in [0.5, 0.6) is 0 Å². The van der Waals surface area contributed by atoms with Crippen LogP contribution >= 0.6 is 0 Å². The Morgan fingerprint density at radius 1 is 1.36 bits per heavy atom. The molecule has 2 unspecified atom stereocenters. The van der Waals surface area contributed by atoms with Crippen LogP contribution in [0.25, 0.3) is 11.0 Å². The summed E-state index contributed by atoms with van der Waals surface area (Å²) >= 11 is 0. The number of piperidine rings is 1. The molecule has 2 aromatic rings. The monoisotopic (exact) mass is 392 g/mol. The van der Waals surface area contributed by atoms with Crippen LogP contribution in [0.3, 0.4) is 0 Å². The Balaban J connectivity index is 1.78. The summed E-state index contributed by atoms with van der Waals surface area (Å²) in [4.78, 5) is 30.0. The smallest absolute Gasteiger partial charge is 0.341 e. The summed E-state index contributed by atoms with van der Waals surface area (Å²) in [6.45, 7) is 0.413. The minimum Gasteiger partial charge on any atom is -0.477 e. The third-order valence-electron chi connectivity index (χ3n) is 5.70. The third-order valence-corrected chi connectivity index (χ3v) is 5.70. The molecular weight excluding hydrogens is 370 g/mol. The van der Waals surface area contributed by atoms with Crippen molar-refractivity contribution < 1.29 is 18.7 Å². The van der Waals surface area contributed by atoms with Crippen LogP contribution in [-0.2, 0) is 0 Å². The number of pyridine rings is 2. The number of nitrogens with two attached hydrogens (primary N) is 1. The molecule has 0 aromatic carbocycles. The van der Waals surface area contributed by atoms with Crippen LogP contribution in [0.15, 0.2) is 17.1 Å². The van der Waals surface area contributed by atoms with Crippen LogP contribution in [0.1, 0.15) is 42.1 Å². The second kappa shape index (κ2) is 7.12. The fourth-order valence-electron chi connectivity index (χ4n) is 3.96. The molecular formula is C19H22F2N4O3. The first-order chi connectivity index (χ1) is 13.4. The van der Waals surface area contributed by atoms with E-state index in [0.717, 1.165) is 18.9 Å².